The summed E-state index contributed by atoms with van der Waals surface area (Å²) < 4.78 is 0. The molecule has 1 N–H and O–H groups in total. The molecule has 0 bridgehead atoms. The van der Waals surface area contributed by atoms with E-state index in [0.717, 1.165) is 24.4 Å². The van der Waals surface area contributed by atoms with Crippen LogP contribution in [0.4, 0.5) is 5.82 Å². The van der Waals surface area contributed by atoms with Gasteiger partial charge in [-0.1, -0.05) is 26.2 Å². The van der Waals surface area contributed by atoms with Crippen molar-refractivity contribution in [1.29, 1.82) is 0 Å². The highest BCUT2D eigenvalue weighted by molar-refractivity contribution is 6.28. The number of hydrogen-bond donors (Lipinski definition) is 1. The Labute approximate surface area is 102 Å². The first-order valence-electron chi connectivity index (χ1n) is 6.08. The van der Waals surface area contributed by atoms with E-state index in [1.807, 2.05) is 6.07 Å². The van der Waals surface area contributed by atoms with Crippen LogP contribution in [0.25, 0.3) is 0 Å². The molecule has 1 aliphatic rings. The van der Waals surface area contributed by atoms with E-state index in [9.17, 15) is 0 Å². The molecular formula is C12H18ClN3. The second kappa shape index (κ2) is 5.48. The van der Waals surface area contributed by atoms with Crippen molar-refractivity contribution >= 4 is 17.4 Å². The minimum atomic E-state index is 0.353. The molecule has 16 heavy (non-hydrogen) atoms. The lowest BCUT2D eigenvalue weighted by atomic mass is 10.2. The molecule has 0 unspecified atom stereocenters. The van der Waals surface area contributed by atoms with Gasteiger partial charge in [0.1, 0.15) is 5.82 Å². The van der Waals surface area contributed by atoms with Gasteiger partial charge in [-0.15, -0.1) is 0 Å². The van der Waals surface area contributed by atoms with E-state index in [4.69, 9.17) is 11.6 Å². The Kier molecular flexibility index (Phi) is 3.99. The highest BCUT2D eigenvalue weighted by Crippen LogP contribution is 2.22. The summed E-state index contributed by atoms with van der Waals surface area (Å²) in [4.78, 5) is 8.44. The summed E-state index contributed by atoms with van der Waals surface area (Å²) in [5.41, 5.74) is 1.03. The van der Waals surface area contributed by atoms with Crippen LogP contribution >= 0.6 is 11.6 Å². The lowest BCUT2D eigenvalue weighted by Crippen LogP contribution is -2.16. The number of halogens is 1. The van der Waals surface area contributed by atoms with E-state index in [1.54, 1.807) is 0 Å². The van der Waals surface area contributed by atoms with E-state index in [-0.39, 0.29) is 0 Å². The van der Waals surface area contributed by atoms with Gasteiger partial charge in [-0.3, -0.25) is 0 Å². The Morgan fingerprint density at radius 1 is 1.38 bits per heavy atom. The Balaban J connectivity index is 2.06. The van der Waals surface area contributed by atoms with E-state index in [1.165, 1.54) is 25.7 Å². The van der Waals surface area contributed by atoms with Crippen LogP contribution < -0.4 is 5.32 Å². The lowest BCUT2D eigenvalue weighted by molar-refractivity contribution is 0.748. The summed E-state index contributed by atoms with van der Waals surface area (Å²) in [5.74, 6) is 0.885. The minimum Gasteiger partial charge on any atom is -0.367 e. The minimum absolute atomic E-state index is 0.353. The first-order valence-corrected chi connectivity index (χ1v) is 6.45. The summed E-state index contributed by atoms with van der Waals surface area (Å²) in [6.45, 7) is 2.14. The average Bonchev–Trinajstić information content (AvgIpc) is 2.70. The fourth-order valence-corrected chi connectivity index (χ4v) is 2.40. The van der Waals surface area contributed by atoms with Crippen molar-refractivity contribution in [2.24, 2.45) is 0 Å². The van der Waals surface area contributed by atoms with Crippen LogP contribution in [0.5, 0.6) is 0 Å². The molecule has 1 aliphatic carbocycles. The Bertz CT molecular complexity index is 348. The molecule has 4 heteroatoms. The molecule has 1 fully saturated rings. The summed E-state index contributed by atoms with van der Waals surface area (Å²) in [6, 6.07) is 2.59. The van der Waals surface area contributed by atoms with Crippen molar-refractivity contribution in [2.75, 3.05) is 5.32 Å². The molecule has 0 atom stereocenters. The molecule has 0 amide bonds. The van der Waals surface area contributed by atoms with Gasteiger partial charge in [-0.05, 0) is 30.9 Å². The smallest absolute Gasteiger partial charge is 0.224 e. The molecule has 88 valence electrons. The summed E-state index contributed by atoms with van der Waals surface area (Å²) in [7, 11) is 0. The SMILES string of the molecule is CCCc1cc(NC2CCCC2)nc(Cl)n1. The quantitative estimate of drug-likeness (QED) is 0.818. The molecule has 0 spiro atoms. The maximum absolute atomic E-state index is 5.91. The van der Waals surface area contributed by atoms with Gasteiger partial charge in [0.15, 0.2) is 0 Å². The zero-order chi connectivity index (χ0) is 11.4. The molecule has 3 nitrogen and oxygen atoms in total. The van der Waals surface area contributed by atoms with Crippen molar-refractivity contribution < 1.29 is 0 Å². The van der Waals surface area contributed by atoms with Crippen molar-refractivity contribution in [1.82, 2.24) is 9.97 Å². The Morgan fingerprint density at radius 3 is 2.81 bits per heavy atom. The molecule has 1 aromatic rings. The second-order valence-corrected chi connectivity index (χ2v) is 4.73. The largest absolute Gasteiger partial charge is 0.367 e. The molecular weight excluding hydrogens is 222 g/mol. The van der Waals surface area contributed by atoms with Gasteiger partial charge < -0.3 is 5.32 Å². The van der Waals surface area contributed by atoms with Gasteiger partial charge in [0.05, 0.1) is 0 Å². The molecule has 0 saturated heterocycles. The van der Waals surface area contributed by atoms with Crippen LogP contribution in [-0.2, 0) is 6.42 Å². The van der Waals surface area contributed by atoms with Gasteiger partial charge in [0.2, 0.25) is 5.28 Å². The third-order valence-electron chi connectivity index (χ3n) is 2.97. The topological polar surface area (TPSA) is 37.8 Å². The second-order valence-electron chi connectivity index (χ2n) is 4.39. The number of aromatic nitrogens is 2. The molecule has 0 radical (unpaired) electrons. The average molecular weight is 240 g/mol. The monoisotopic (exact) mass is 239 g/mol. The zero-order valence-corrected chi connectivity index (χ0v) is 10.4. The maximum Gasteiger partial charge on any atom is 0.224 e. The fourth-order valence-electron chi connectivity index (χ4n) is 2.20. The van der Waals surface area contributed by atoms with Crippen molar-refractivity contribution in [2.45, 2.75) is 51.5 Å². The zero-order valence-electron chi connectivity index (χ0n) is 9.67. The molecule has 1 heterocycles. The van der Waals surface area contributed by atoms with Gasteiger partial charge >= 0.3 is 0 Å². The summed E-state index contributed by atoms with van der Waals surface area (Å²) >= 11 is 5.91. The number of nitrogens with one attached hydrogen (secondary N) is 1. The summed E-state index contributed by atoms with van der Waals surface area (Å²) in [5, 5.41) is 3.80. The molecule has 1 saturated carbocycles. The third-order valence-corrected chi connectivity index (χ3v) is 3.13. The molecule has 0 aliphatic heterocycles. The van der Waals surface area contributed by atoms with Crippen LogP contribution in [0.2, 0.25) is 5.28 Å². The number of anilines is 1. The first kappa shape index (κ1) is 11.6. The van der Waals surface area contributed by atoms with Gasteiger partial charge in [0, 0.05) is 17.8 Å². The number of rotatable bonds is 4. The van der Waals surface area contributed by atoms with E-state index >= 15 is 0 Å². The summed E-state index contributed by atoms with van der Waals surface area (Å²) in [6.07, 6.45) is 7.16. The van der Waals surface area contributed by atoms with Crippen molar-refractivity contribution in [3.63, 3.8) is 0 Å². The predicted molar refractivity (Wildman–Crippen MR) is 66.9 cm³/mol. The number of aryl methyl sites for hydroxylation is 1. The van der Waals surface area contributed by atoms with Crippen molar-refractivity contribution in [3.05, 3.63) is 17.0 Å². The molecule has 0 aromatic carbocycles. The number of hydrogen-bond acceptors (Lipinski definition) is 3. The van der Waals surface area contributed by atoms with Crippen LogP contribution in [0.3, 0.4) is 0 Å². The Hall–Kier alpha value is -0.830. The van der Waals surface area contributed by atoms with Crippen LogP contribution in [0.15, 0.2) is 6.07 Å². The highest BCUT2D eigenvalue weighted by atomic mass is 35.5. The van der Waals surface area contributed by atoms with E-state index < -0.39 is 0 Å². The molecule has 2 rings (SSSR count). The fraction of sp³-hybridized carbons (Fsp3) is 0.667. The van der Waals surface area contributed by atoms with Crippen LogP contribution in [0, 0.1) is 0 Å². The molecule has 1 aromatic heterocycles. The lowest BCUT2D eigenvalue weighted by Gasteiger charge is -2.13. The van der Waals surface area contributed by atoms with E-state index in [0.29, 0.717) is 11.3 Å². The third kappa shape index (κ3) is 3.08. The van der Waals surface area contributed by atoms with Crippen molar-refractivity contribution in [3.8, 4) is 0 Å². The normalized spacial score (nSPS) is 16.6. The van der Waals surface area contributed by atoms with Crippen LogP contribution in [-0.4, -0.2) is 16.0 Å². The van der Waals surface area contributed by atoms with Crippen LogP contribution in [0.1, 0.15) is 44.7 Å². The first-order chi connectivity index (χ1) is 7.78. The Morgan fingerprint density at radius 2 is 2.12 bits per heavy atom. The van der Waals surface area contributed by atoms with E-state index in [2.05, 4.69) is 22.2 Å². The van der Waals surface area contributed by atoms with Gasteiger partial charge in [-0.2, -0.15) is 0 Å². The number of nitrogens with zero attached hydrogens (tertiary/aromatic N) is 2. The van der Waals surface area contributed by atoms with Gasteiger partial charge in [0.25, 0.3) is 0 Å². The predicted octanol–water partition coefficient (Wildman–Crippen LogP) is 3.44. The standard InChI is InChI=1S/C12H18ClN3/c1-2-5-10-8-11(16-12(13)15-10)14-9-6-3-4-7-9/h8-9H,2-7H2,1H3,(H,14,15,16). The highest BCUT2D eigenvalue weighted by Gasteiger charge is 2.15. The maximum atomic E-state index is 5.91. The van der Waals surface area contributed by atoms with Gasteiger partial charge in [-0.25, -0.2) is 9.97 Å².